The summed E-state index contributed by atoms with van der Waals surface area (Å²) in [6, 6.07) is 22.0. The van der Waals surface area contributed by atoms with Crippen molar-refractivity contribution in [2.24, 2.45) is 5.92 Å². The summed E-state index contributed by atoms with van der Waals surface area (Å²) < 4.78 is 5.41. The van der Waals surface area contributed by atoms with Gasteiger partial charge in [-0.3, -0.25) is 9.59 Å². The highest BCUT2D eigenvalue weighted by atomic mass is 32.1. The van der Waals surface area contributed by atoms with Crippen molar-refractivity contribution in [2.75, 3.05) is 26.7 Å². The maximum atomic E-state index is 13.1. The van der Waals surface area contributed by atoms with E-state index in [1.165, 1.54) is 5.56 Å². The van der Waals surface area contributed by atoms with Crippen molar-refractivity contribution < 1.29 is 14.3 Å². The monoisotopic (exact) mass is 462 g/mol. The van der Waals surface area contributed by atoms with Crippen molar-refractivity contribution in [2.45, 2.75) is 25.2 Å². The van der Waals surface area contributed by atoms with E-state index in [0.717, 1.165) is 22.6 Å². The van der Waals surface area contributed by atoms with Crippen LogP contribution in [0.3, 0.4) is 0 Å². The van der Waals surface area contributed by atoms with Gasteiger partial charge in [0, 0.05) is 30.4 Å². The molecular formula is C27H30N2O3S. The Hall–Kier alpha value is -3.12. The second-order valence-electron chi connectivity index (χ2n) is 8.45. The zero-order valence-corrected chi connectivity index (χ0v) is 19.7. The van der Waals surface area contributed by atoms with E-state index in [1.54, 1.807) is 18.4 Å². The molecule has 0 bridgehead atoms. The van der Waals surface area contributed by atoms with E-state index in [4.69, 9.17) is 4.74 Å². The van der Waals surface area contributed by atoms with Gasteiger partial charge in [-0.15, -0.1) is 11.3 Å². The van der Waals surface area contributed by atoms with Crippen LogP contribution in [0.2, 0.25) is 0 Å². The van der Waals surface area contributed by atoms with Crippen LogP contribution in [0, 0.1) is 5.92 Å². The third-order valence-electron chi connectivity index (χ3n) is 6.24. The zero-order chi connectivity index (χ0) is 23.0. The number of hydrogen-bond donors (Lipinski definition) is 1. The molecule has 33 heavy (non-hydrogen) atoms. The second kappa shape index (κ2) is 11.1. The number of amides is 2. The molecule has 1 N–H and O–H groups in total. The number of hydrogen-bond acceptors (Lipinski definition) is 4. The summed E-state index contributed by atoms with van der Waals surface area (Å²) in [5.41, 5.74) is 2.25. The number of carbonyl (C=O) groups is 2. The Morgan fingerprint density at radius 3 is 2.58 bits per heavy atom. The van der Waals surface area contributed by atoms with Crippen molar-refractivity contribution >= 4 is 23.2 Å². The van der Waals surface area contributed by atoms with Crippen LogP contribution < -0.4 is 10.1 Å². The zero-order valence-electron chi connectivity index (χ0n) is 18.9. The lowest BCUT2D eigenvalue weighted by molar-refractivity contribution is -0.135. The van der Waals surface area contributed by atoms with Gasteiger partial charge in [0.15, 0.2) is 0 Å². The van der Waals surface area contributed by atoms with Gasteiger partial charge in [0.05, 0.1) is 19.4 Å². The SMILES string of the molecule is COc1ccccc1CCNC(=O)C1CC(c2ccccc2)CN(C(=O)Cc2cccs2)C1. The molecule has 6 heteroatoms. The summed E-state index contributed by atoms with van der Waals surface area (Å²) in [5, 5.41) is 5.09. The van der Waals surface area contributed by atoms with E-state index in [-0.39, 0.29) is 23.7 Å². The van der Waals surface area contributed by atoms with Crippen LogP contribution in [0.5, 0.6) is 5.75 Å². The smallest absolute Gasteiger partial charge is 0.227 e. The number of para-hydroxylation sites is 1. The molecule has 1 fully saturated rings. The molecule has 1 aliphatic heterocycles. The largest absolute Gasteiger partial charge is 0.496 e. The molecular weight excluding hydrogens is 432 g/mol. The van der Waals surface area contributed by atoms with Crippen LogP contribution >= 0.6 is 11.3 Å². The summed E-state index contributed by atoms with van der Waals surface area (Å²) in [5.74, 6) is 0.856. The number of nitrogens with one attached hydrogen (secondary N) is 1. The van der Waals surface area contributed by atoms with Gasteiger partial charge in [-0.1, -0.05) is 54.6 Å². The molecule has 0 spiro atoms. The molecule has 0 aliphatic carbocycles. The number of rotatable bonds is 8. The molecule has 4 rings (SSSR count). The van der Waals surface area contributed by atoms with E-state index < -0.39 is 0 Å². The Bertz CT molecular complexity index is 1050. The van der Waals surface area contributed by atoms with Crippen LogP contribution in [0.15, 0.2) is 72.1 Å². The minimum atomic E-state index is -0.228. The molecule has 172 valence electrons. The number of benzene rings is 2. The molecule has 1 aromatic heterocycles. The minimum absolute atomic E-state index is 0.0134. The van der Waals surface area contributed by atoms with Crippen LogP contribution in [-0.4, -0.2) is 43.5 Å². The van der Waals surface area contributed by atoms with Gasteiger partial charge < -0.3 is 15.0 Å². The fourth-order valence-electron chi connectivity index (χ4n) is 4.51. The molecule has 2 heterocycles. The van der Waals surface area contributed by atoms with E-state index >= 15 is 0 Å². The van der Waals surface area contributed by atoms with Crippen molar-refractivity contribution in [3.05, 3.63) is 88.1 Å². The van der Waals surface area contributed by atoms with Gasteiger partial charge >= 0.3 is 0 Å². The highest BCUT2D eigenvalue weighted by molar-refractivity contribution is 7.10. The van der Waals surface area contributed by atoms with Crippen LogP contribution in [0.4, 0.5) is 0 Å². The van der Waals surface area contributed by atoms with Gasteiger partial charge in [0.25, 0.3) is 0 Å². The summed E-state index contributed by atoms with van der Waals surface area (Å²) in [6.07, 6.45) is 1.83. The quantitative estimate of drug-likeness (QED) is 0.543. The molecule has 1 aliphatic rings. The lowest BCUT2D eigenvalue weighted by Gasteiger charge is -2.37. The van der Waals surface area contributed by atoms with Crippen molar-refractivity contribution in [1.82, 2.24) is 10.2 Å². The van der Waals surface area contributed by atoms with Crippen molar-refractivity contribution in [3.8, 4) is 5.75 Å². The maximum Gasteiger partial charge on any atom is 0.227 e. The van der Waals surface area contributed by atoms with Crippen molar-refractivity contribution in [3.63, 3.8) is 0 Å². The van der Waals surface area contributed by atoms with Crippen molar-refractivity contribution in [1.29, 1.82) is 0 Å². The average molecular weight is 463 g/mol. The number of thiophene rings is 1. The predicted octanol–water partition coefficient (Wildman–Crippen LogP) is 4.29. The second-order valence-corrected chi connectivity index (χ2v) is 9.48. The molecule has 2 aromatic carbocycles. The van der Waals surface area contributed by atoms with E-state index in [0.29, 0.717) is 32.5 Å². The number of methoxy groups -OCH3 is 1. The summed E-state index contributed by atoms with van der Waals surface area (Å²) in [7, 11) is 1.66. The Labute approximate surface area is 199 Å². The number of nitrogens with zero attached hydrogens (tertiary/aromatic N) is 1. The number of ether oxygens (including phenoxy) is 1. The van der Waals surface area contributed by atoms with Crippen LogP contribution in [0.25, 0.3) is 0 Å². The molecule has 5 nitrogen and oxygen atoms in total. The normalized spacial score (nSPS) is 18.0. The first-order valence-electron chi connectivity index (χ1n) is 11.4. The van der Waals surface area contributed by atoms with Gasteiger partial charge in [0.2, 0.25) is 11.8 Å². The average Bonchev–Trinajstić information content (AvgIpc) is 3.37. The maximum absolute atomic E-state index is 13.1. The first-order chi connectivity index (χ1) is 16.1. The summed E-state index contributed by atoms with van der Waals surface area (Å²) in [6.45, 7) is 1.65. The lowest BCUT2D eigenvalue weighted by atomic mass is 9.84. The van der Waals surface area contributed by atoms with Crippen LogP contribution in [0.1, 0.15) is 28.3 Å². The third kappa shape index (κ3) is 6.02. The van der Waals surface area contributed by atoms with Crippen LogP contribution in [-0.2, 0) is 22.4 Å². The predicted molar refractivity (Wildman–Crippen MR) is 132 cm³/mol. The van der Waals surface area contributed by atoms with E-state index in [1.807, 2.05) is 64.9 Å². The molecule has 2 unspecified atom stereocenters. The number of likely N-dealkylation sites (tertiary alicyclic amines) is 1. The van der Waals surface area contributed by atoms with Gasteiger partial charge in [0.1, 0.15) is 5.75 Å². The molecule has 0 saturated carbocycles. The van der Waals surface area contributed by atoms with E-state index in [2.05, 4.69) is 17.4 Å². The Balaban J connectivity index is 1.42. The lowest BCUT2D eigenvalue weighted by Crippen LogP contribution is -2.48. The van der Waals surface area contributed by atoms with Gasteiger partial charge in [-0.05, 0) is 41.5 Å². The number of carbonyl (C=O) groups excluding carboxylic acids is 2. The van der Waals surface area contributed by atoms with Gasteiger partial charge in [-0.25, -0.2) is 0 Å². The third-order valence-corrected chi connectivity index (χ3v) is 7.11. The Morgan fingerprint density at radius 1 is 1.03 bits per heavy atom. The fraction of sp³-hybridized carbons (Fsp3) is 0.333. The molecule has 0 radical (unpaired) electrons. The standard InChI is InChI=1S/C27H30N2O3S/c1-32-25-12-6-5-10-21(25)13-14-28-27(31)23-16-22(20-8-3-2-4-9-20)18-29(19-23)26(30)17-24-11-7-15-33-24/h2-12,15,22-23H,13-14,16-19H2,1H3,(H,28,31). The Morgan fingerprint density at radius 2 is 1.82 bits per heavy atom. The summed E-state index contributed by atoms with van der Waals surface area (Å²) >= 11 is 1.59. The molecule has 2 amide bonds. The molecule has 1 saturated heterocycles. The minimum Gasteiger partial charge on any atom is -0.496 e. The van der Waals surface area contributed by atoms with E-state index in [9.17, 15) is 9.59 Å². The highest BCUT2D eigenvalue weighted by Crippen LogP contribution is 2.31. The molecule has 2 atom stereocenters. The first-order valence-corrected chi connectivity index (χ1v) is 12.3. The van der Waals surface area contributed by atoms with Gasteiger partial charge in [-0.2, -0.15) is 0 Å². The Kier molecular flexibility index (Phi) is 7.79. The first kappa shape index (κ1) is 23.1. The molecule has 3 aromatic rings. The summed E-state index contributed by atoms with van der Waals surface area (Å²) in [4.78, 5) is 29.1. The number of piperidine rings is 1. The fourth-order valence-corrected chi connectivity index (χ4v) is 5.20. The highest BCUT2D eigenvalue weighted by Gasteiger charge is 2.34. The topological polar surface area (TPSA) is 58.6 Å².